The minimum Gasteiger partial charge on any atom is -0.496 e. The summed E-state index contributed by atoms with van der Waals surface area (Å²) >= 11 is 0. The first-order chi connectivity index (χ1) is 11.2. The van der Waals surface area contributed by atoms with Crippen molar-refractivity contribution in [2.75, 3.05) is 14.2 Å². The molecule has 0 aliphatic rings. The molecule has 0 N–H and O–H groups in total. The van der Waals surface area contributed by atoms with E-state index in [-0.39, 0.29) is 0 Å². The summed E-state index contributed by atoms with van der Waals surface area (Å²) < 4.78 is 11.7. The monoisotopic (exact) mass is 310 g/mol. The third-order valence-corrected chi connectivity index (χ3v) is 3.37. The Labute approximate surface area is 132 Å². The average molecular weight is 310 g/mol. The molecule has 7 heteroatoms. The summed E-state index contributed by atoms with van der Waals surface area (Å²) in [5.74, 6) is 0.272. The van der Waals surface area contributed by atoms with Crippen molar-refractivity contribution in [2.45, 2.75) is 0 Å². The number of carbonyl (C=O) groups excluding carboxylic acids is 1. The standard InChI is InChI=1S/C16H14N4O3/c1-22-15-6-4-3-5-14(15)11-7-12(16(21)23-2)9-13(8-11)20-10-17-18-19-20/h3-10H,1-2H3. The van der Waals surface area contributed by atoms with Crippen molar-refractivity contribution in [3.8, 4) is 22.6 Å². The zero-order valence-electron chi connectivity index (χ0n) is 12.6. The van der Waals surface area contributed by atoms with Gasteiger partial charge in [-0.25, -0.2) is 9.48 Å². The first-order valence-corrected chi connectivity index (χ1v) is 6.83. The maximum atomic E-state index is 12.0. The van der Waals surface area contributed by atoms with Gasteiger partial charge in [0.2, 0.25) is 0 Å². The lowest BCUT2D eigenvalue weighted by Gasteiger charge is -2.11. The molecule has 3 aromatic rings. The van der Waals surface area contributed by atoms with Gasteiger partial charge in [-0.3, -0.25) is 0 Å². The lowest BCUT2D eigenvalue weighted by molar-refractivity contribution is 0.0600. The Kier molecular flexibility index (Phi) is 4.01. The smallest absolute Gasteiger partial charge is 0.337 e. The van der Waals surface area contributed by atoms with Crippen LogP contribution in [0.1, 0.15) is 10.4 Å². The van der Waals surface area contributed by atoms with Crippen LogP contribution in [-0.2, 0) is 4.74 Å². The molecule has 7 nitrogen and oxygen atoms in total. The van der Waals surface area contributed by atoms with E-state index in [0.717, 1.165) is 11.1 Å². The molecule has 0 saturated carbocycles. The van der Waals surface area contributed by atoms with E-state index in [4.69, 9.17) is 9.47 Å². The summed E-state index contributed by atoms with van der Waals surface area (Å²) in [6, 6.07) is 12.9. The number of aromatic nitrogens is 4. The van der Waals surface area contributed by atoms with Crippen molar-refractivity contribution >= 4 is 5.97 Å². The van der Waals surface area contributed by atoms with Gasteiger partial charge in [0, 0.05) is 5.56 Å². The number of methoxy groups -OCH3 is 2. The highest BCUT2D eigenvalue weighted by molar-refractivity contribution is 5.92. The summed E-state index contributed by atoms with van der Waals surface area (Å²) in [6.07, 6.45) is 1.46. The highest BCUT2D eigenvalue weighted by atomic mass is 16.5. The van der Waals surface area contributed by atoms with Crippen LogP contribution in [0, 0.1) is 0 Å². The van der Waals surface area contributed by atoms with Gasteiger partial charge in [-0.05, 0) is 40.3 Å². The van der Waals surface area contributed by atoms with Crippen molar-refractivity contribution in [3.63, 3.8) is 0 Å². The van der Waals surface area contributed by atoms with E-state index in [9.17, 15) is 4.79 Å². The van der Waals surface area contributed by atoms with Gasteiger partial charge in [0.25, 0.3) is 0 Å². The molecular weight excluding hydrogens is 296 g/mol. The molecular formula is C16H14N4O3. The van der Waals surface area contributed by atoms with Gasteiger partial charge in [-0.1, -0.05) is 18.2 Å². The Hall–Kier alpha value is -3.22. The number of para-hydroxylation sites is 1. The molecule has 0 radical (unpaired) electrons. The van der Waals surface area contributed by atoms with Crippen molar-refractivity contribution in [1.82, 2.24) is 20.2 Å². The summed E-state index contributed by atoms with van der Waals surface area (Å²) in [6.45, 7) is 0. The predicted octanol–water partition coefficient (Wildman–Crippen LogP) is 2.12. The second kappa shape index (κ2) is 6.27. The molecule has 0 spiro atoms. The number of benzene rings is 2. The molecule has 0 atom stereocenters. The second-order valence-electron chi connectivity index (χ2n) is 4.71. The highest BCUT2D eigenvalue weighted by Gasteiger charge is 2.13. The van der Waals surface area contributed by atoms with Gasteiger partial charge in [0.15, 0.2) is 0 Å². The van der Waals surface area contributed by atoms with E-state index in [2.05, 4.69) is 15.5 Å². The minimum absolute atomic E-state index is 0.404. The quantitative estimate of drug-likeness (QED) is 0.687. The minimum atomic E-state index is -0.434. The lowest BCUT2D eigenvalue weighted by atomic mass is 10.0. The van der Waals surface area contributed by atoms with Crippen LogP contribution in [0.5, 0.6) is 5.75 Å². The van der Waals surface area contributed by atoms with Crippen LogP contribution in [0.15, 0.2) is 48.8 Å². The van der Waals surface area contributed by atoms with E-state index in [1.54, 1.807) is 19.2 Å². The van der Waals surface area contributed by atoms with Crippen LogP contribution in [0.4, 0.5) is 0 Å². The Bertz CT molecular complexity index is 831. The fourth-order valence-corrected chi connectivity index (χ4v) is 2.30. The normalized spacial score (nSPS) is 10.3. The Morgan fingerprint density at radius 3 is 2.65 bits per heavy atom. The molecule has 0 unspecified atom stereocenters. The van der Waals surface area contributed by atoms with Crippen LogP contribution in [-0.4, -0.2) is 40.4 Å². The molecule has 3 rings (SSSR count). The van der Waals surface area contributed by atoms with Gasteiger partial charge in [-0.2, -0.15) is 0 Å². The highest BCUT2D eigenvalue weighted by Crippen LogP contribution is 2.31. The van der Waals surface area contributed by atoms with Gasteiger partial charge in [-0.15, -0.1) is 5.10 Å². The van der Waals surface area contributed by atoms with Gasteiger partial charge in [0.1, 0.15) is 12.1 Å². The molecule has 1 heterocycles. The number of esters is 1. The number of tetrazole rings is 1. The molecule has 1 aromatic heterocycles. The maximum absolute atomic E-state index is 12.0. The van der Waals surface area contributed by atoms with E-state index in [1.807, 2.05) is 30.3 Å². The Balaban J connectivity index is 2.20. The number of ether oxygens (including phenoxy) is 2. The second-order valence-corrected chi connectivity index (χ2v) is 4.71. The number of hydrogen-bond donors (Lipinski definition) is 0. The first kappa shape index (κ1) is 14.7. The topological polar surface area (TPSA) is 79.1 Å². The number of hydrogen-bond acceptors (Lipinski definition) is 6. The van der Waals surface area contributed by atoms with Crippen molar-refractivity contribution in [3.05, 3.63) is 54.4 Å². The van der Waals surface area contributed by atoms with E-state index in [1.165, 1.54) is 18.1 Å². The van der Waals surface area contributed by atoms with E-state index < -0.39 is 5.97 Å². The van der Waals surface area contributed by atoms with Crippen molar-refractivity contribution in [1.29, 1.82) is 0 Å². The van der Waals surface area contributed by atoms with Gasteiger partial charge in [0.05, 0.1) is 25.5 Å². The SMILES string of the molecule is COC(=O)c1cc(-c2ccccc2OC)cc(-n2cnnn2)c1. The molecule has 0 aliphatic heterocycles. The number of nitrogens with zero attached hydrogens (tertiary/aromatic N) is 4. The summed E-state index contributed by atoms with van der Waals surface area (Å²) in [5.41, 5.74) is 2.71. The zero-order chi connectivity index (χ0) is 16.2. The largest absolute Gasteiger partial charge is 0.496 e. The van der Waals surface area contributed by atoms with Crippen LogP contribution in [0.2, 0.25) is 0 Å². The Morgan fingerprint density at radius 1 is 1.13 bits per heavy atom. The fraction of sp³-hybridized carbons (Fsp3) is 0.125. The van der Waals surface area contributed by atoms with E-state index >= 15 is 0 Å². The summed E-state index contributed by atoms with van der Waals surface area (Å²) in [4.78, 5) is 12.0. The molecule has 0 aliphatic carbocycles. The molecule has 2 aromatic carbocycles. The maximum Gasteiger partial charge on any atom is 0.337 e. The Morgan fingerprint density at radius 2 is 1.96 bits per heavy atom. The molecule has 0 fully saturated rings. The number of carbonyl (C=O) groups is 1. The van der Waals surface area contributed by atoms with Gasteiger partial charge >= 0.3 is 5.97 Å². The molecule has 23 heavy (non-hydrogen) atoms. The number of rotatable bonds is 4. The van der Waals surface area contributed by atoms with Crippen LogP contribution < -0.4 is 4.74 Å². The third-order valence-electron chi connectivity index (χ3n) is 3.37. The molecule has 116 valence electrons. The molecule has 0 saturated heterocycles. The summed E-state index contributed by atoms with van der Waals surface area (Å²) in [5, 5.41) is 11.1. The molecule has 0 bridgehead atoms. The fourth-order valence-electron chi connectivity index (χ4n) is 2.30. The van der Waals surface area contributed by atoms with Crippen LogP contribution >= 0.6 is 0 Å². The molecule has 0 amide bonds. The van der Waals surface area contributed by atoms with E-state index in [0.29, 0.717) is 17.0 Å². The zero-order valence-corrected chi connectivity index (χ0v) is 12.6. The lowest BCUT2D eigenvalue weighted by Crippen LogP contribution is -2.04. The van der Waals surface area contributed by atoms with Crippen LogP contribution in [0.25, 0.3) is 16.8 Å². The van der Waals surface area contributed by atoms with Crippen molar-refractivity contribution in [2.24, 2.45) is 0 Å². The van der Waals surface area contributed by atoms with Gasteiger partial charge < -0.3 is 9.47 Å². The average Bonchev–Trinajstić information content (AvgIpc) is 3.15. The van der Waals surface area contributed by atoms with Crippen molar-refractivity contribution < 1.29 is 14.3 Å². The van der Waals surface area contributed by atoms with Crippen LogP contribution in [0.3, 0.4) is 0 Å². The first-order valence-electron chi connectivity index (χ1n) is 6.83. The predicted molar refractivity (Wildman–Crippen MR) is 82.5 cm³/mol. The third kappa shape index (κ3) is 2.89. The summed E-state index contributed by atoms with van der Waals surface area (Å²) in [7, 11) is 2.94.